The fourth-order valence-corrected chi connectivity index (χ4v) is 2.60. The first kappa shape index (κ1) is 14.7. The summed E-state index contributed by atoms with van der Waals surface area (Å²) in [6.07, 6.45) is -4.62. The van der Waals surface area contributed by atoms with Gasteiger partial charge < -0.3 is 9.47 Å². The molecule has 0 fully saturated rings. The Hall–Kier alpha value is -2.24. The lowest BCUT2D eigenvalue weighted by Crippen LogP contribution is -2.23. The monoisotopic (exact) mass is 309 g/mol. The van der Waals surface area contributed by atoms with Crippen LogP contribution >= 0.6 is 0 Å². The summed E-state index contributed by atoms with van der Waals surface area (Å²) in [7, 11) is 1.39. The zero-order chi connectivity index (χ0) is 15.9. The number of benzene rings is 1. The summed E-state index contributed by atoms with van der Waals surface area (Å²) in [4.78, 5) is 4.06. The van der Waals surface area contributed by atoms with E-state index >= 15 is 0 Å². The second-order valence-electron chi connectivity index (χ2n) is 5.21. The first-order valence-corrected chi connectivity index (χ1v) is 6.78. The van der Waals surface area contributed by atoms with E-state index in [1.165, 1.54) is 7.11 Å². The molecule has 1 atom stereocenters. The lowest BCUT2D eigenvalue weighted by molar-refractivity contribution is -0.151. The number of nitrogens with zero attached hydrogens (tertiary/aromatic N) is 1. The second-order valence-corrected chi connectivity index (χ2v) is 5.21. The molecule has 3 rings (SSSR count). The number of hydrogen-bond acceptors (Lipinski definition) is 3. The van der Waals surface area contributed by atoms with Gasteiger partial charge in [-0.3, -0.25) is 0 Å². The van der Waals surface area contributed by atoms with E-state index in [9.17, 15) is 13.2 Å². The van der Waals surface area contributed by atoms with Crippen LogP contribution in [0.5, 0.6) is 17.4 Å². The van der Waals surface area contributed by atoms with E-state index in [0.29, 0.717) is 16.9 Å². The maximum absolute atomic E-state index is 13.5. The molecule has 1 aliphatic rings. The van der Waals surface area contributed by atoms with Gasteiger partial charge in [-0.25, -0.2) is 4.98 Å². The van der Waals surface area contributed by atoms with Crippen LogP contribution in [0.3, 0.4) is 0 Å². The third-order valence-electron chi connectivity index (χ3n) is 3.69. The maximum atomic E-state index is 13.5. The quantitative estimate of drug-likeness (QED) is 0.783. The Labute approximate surface area is 125 Å². The van der Waals surface area contributed by atoms with Crippen molar-refractivity contribution in [2.75, 3.05) is 7.11 Å². The molecule has 1 aromatic carbocycles. The summed E-state index contributed by atoms with van der Waals surface area (Å²) >= 11 is 0. The average molecular weight is 309 g/mol. The molecule has 116 valence electrons. The summed E-state index contributed by atoms with van der Waals surface area (Å²) in [5.41, 5.74) is 1.01. The van der Waals surface area contributed by atoms with Gasteiger partial charge in [0.1, 0.15) is 17.4 Å². The Morgan fingerprint density at radius 2 is 1.95 bits per heavy atom. The number of methoxy groups -OCH3 is 1. The molecule has 0 bridgehead atoms. The maximum Gasteiger partial charge on any atom is 0.397 e. The summed E-state index contributed by atoms with van der Waals surface area (Å²) in [6, 6.07) is 8.28. The highest BCUT2D eigenvalue weighted by molar-refractivity contribution is 5.48. The number of ether oxygens (including phenoxy) is 2. The first-order valence-electron chi connectivity index (χ1n) is 6.78. The molecule has 0 saturated heterocycles. The van der Waals surface area contributed by atoms with Crippen molar-refractivity contribution in [3.8, 4) is 17.4 Å². The summed E-state index contributed by atoms with van der Waals surface area (Å²) < 4.78 is 51.2. The molecule has 0 radical (unpaired) electrons. The minimum atomic E-state index is -4.41. The normalized spacial score (nSPS) is 17.0. The number of aromatic nitrogens is 1. The lowest BCUT2D eigenvalue weighted by atomic mass is 9.95. The van der Waals surface area contributed by atoms with E-state index in [-0.39, 0.29) is 23.7 Å². The van der Waals surface area contributed by atoms with Crippen molar-refractivity contribution in [2.24, 2.45) is 0 Å². The number of rotatable bonds is 1. The van der Waals surface area contributed by atoms with E-state index in [4.69, 9.17) is 9.47 Å². The number of halogens is 3. The summed E-state index contributed by atoms with van der Waals surface area (Å²) in [5, 5.41) is 0. The van der Waals surface area contributed by atoms with Gasteiger partial charge in [-0.1, -0.05) is 18.2 Å². The Morgan fingerprint density at radius 1 is 1.23 bits per heavy atom. The molecule has 22 heavy (non-hydrogen) atoms. The minimum absolute atomic E-state index is 0.130. The zero-order valence-electron chi connectivity index (χ0n) is 12.1. The average Bonchev–Trinajstić information content (AvgIpc) is 2.61. The summed E-state index contributed by atoms with van der Waals surface area (Å²) in [6.45, 7) is 1.72. The molecule has 0 spiro atoms. The van der Waals surface area contributed by atoms with E-state index in [0.717, 1.165) is 0 Å². The molecule has 0 amide bonds. The lowest BCUT2D eigenvalue weighted by Gasteiger charge is -2.20. The van der Waals surface area contributed by atoms with Gasteiger partial charge in [-0.05, 0) is 31.0 Å². The molecule has 0 aliphatic carbocycles. The number of para-hydroxylation sites is 1. The van der Waals surface area contributed by atoms with E-state index < -0.39 is 12.1 Å². The minimum Gasteiger partial charge on any atom is -0.481 e. The van der Waals surface area contributed by atoms with E-state index in [1.807, 2.05) is 0 Å². The van der Waals surface area contributed by atoms with Crippen LogP contribution in [0.4, 0.5) is 13.2 Å². The number of hydrogen-bond donors (Lipinski definition) is 0. The Balaban J connectivity index is 2.21. The number of aryl methyl sites for hydroxylation is 1. The van der Waals surface area contributed by atoms with Crippen molar-refractivity contribution in [1.29, 1.82) is 0 Å². The topological polar surface area (TPSA) is 31.4 Å². The van der Waals surface area contributed by atoms with Gasteiger partial charge in [0.15, 0.2) is 0 Å². The molecule has 6 heteroatoms. The van der Waals surface area contributed by atoms with Crippen molar-refractivity contribution >= 4 is 0 Å². The van der Waals surface area contributed by atoms with Gasteiger partial charge in [0.25, 0.3) is 0 Å². The molecule has 1 aromatic heterocycles. The largest absolute Gasteiger partial charge is 0.481 e. The predicted octanol–water partition coefficient (Wildman–Crippen LogP) is 4.39. The number of alkyl halides is 3. The molecule has 1 aliphatic heterocycles. The van der Waals surface area contributed by atoms with Crippen molar-refractivity contribution in [3.63, 3.8) is 0 Å². The van der Waals surface area contributed by atoms with Crippen LogP contribution < -0.4 is 9.47 Å². The van der Waals surface area contributed by atoms with Crippen LogP contribution in [-0.2, 0) is 6.42 Å². The Morgan fingerprint density at radius 3 is 2.64 bits per heavy atom. The Kier molecular flexibility index (Phi) is 3.47. The molecule has 2 aromatic rings. The number of pyridine rings is 1. The van der Waals surface area contributed by atoms with Crippen LogP contribution in [0.1, 0.15) is 22.7 Å². The molecule has 3 nitrogen and oxygen atoms in total. The molecular weight excluding hydrogens is 295 g/mol. The van der Waals surface area contributed by atoms with Gasteiger partial charge in [0.2, 0.25) is 5.88 Å². The van der Waals surface area contributed by atoms with Crippen molar-refractivity contribution in [2.45, 2.75) is 25.4 Å². The third kappa shape index (κ3) is 2.49. The number of fused-ring (bicyclic) bond motifs is 2. The summed E-state index contributed by atoms with van der Waals surface area (Å²) in [5.74, 6) is -0.976. The third-order valence-corrected chi connectivity index (χ3v) is 3.69. The predicted molar refractivity (Wildman–Crippen MR) is 74.5 cm³/mol. The van der Waals surface area contributed by atoms with Gasteiger partial charge in [0, 0.05) is 5.56 Å². The van der Waals surface area contributed by atoms with Gasteiger partial charge in [-0.2, -0.15) is 13.2 Å². The van der Waals surface area contributed by atoms with Gasteiger partial charge in [0.05, 0.1) is 12.8 Å². The van der Waals surface area contributed by atoms with Crippen molar-refractivity contribution in [1.82, 2.24) is 4.98 Å². The SMILES string of the molecule is COc1nc2c(cc1C)Oc1ccccc1CC2C(F)(F)F. The fourth-order valence-electron chi connectivity index (χ4n) is 2.60. The molecule has 0 saturated carbocycles. The van der Waals surface area contributed by atoms with Gasteiger partial charge >= 0.3 is 6.18 Å². The highest BCUT2D eigenvalue weighted by Crippen LogP contribution is 2.46. The van der Waals surface area contributed by atoms with Crippen LogP contribution in [0, 0.1) is 6.92 Å². The zero-order valence-corrected chi connectivity index (χ0v) is 12.1. The van der Waals surface area contributed by atoms with E-state index in [1.54, 1.807) is 37.3 Å². The van der Waals surface area contributed by atoms with Crippen LogP contribution in [0.25, 0.3) is 0 Å². The molecule has 1 unspecified atom stereocenters. The van der Waals surface area contributed by atoms with Crippen LogP contribution in [-0.4, -0.2) is 18.3 Å². The Bertz CT molecular complexity index is 713. The van der Waals surface area contributed by atoms with Crippen molar-refractivity contribution in [3.05, 3.63) is 47.2 Å². The van der Waals surface area contributed by atoms with E-state index in [2.05, 4.69) is 4.98 Å². The highest BCUT2D eigenvalue weighted by atomic mass is 19.4. The highest BCUT2D eigenvalue weighted by Gasteiger charge is 2.45. The van der Waals surface area contributed by atoms with Gasteiger partial charge in [-0.15, -0.1) is 0 Å². The van der Waals surface area contributed by atoms with Crippen molar-refractivity contribution < 1.29 is 22.6 Å². The fraction of sp³-hybridized carbons (Fsp3) is 0.312. The molecular formula is C16H14F3NO2. The van der Waals surface area contributed by atoms with Crippen LogP contribution in [0.2, 0.25) is 0 Å². The first-order chi connectivity index (χ1) is 10.4. The second kappa shape index (κ2) is 5.19. The molecule has 2 heterocycles. The molecule has 0 N–H and O–H groups in total. The standard InChI is InChI=1S/C16H14F3NO2/c1-9-7-13-14(20-15(9)21-2)11(16(17,18)19)8-10-5-3-4-6-12(10)22-13/h3-7,11H,8H2,1-2H3. The van der Waals surface area contributed by atoms with Crippen LogP contribution in [0.15, 0.2) is 30.3 Å². The smallest absolute Gasteiger partial charge is 0.397 e.